The molecule has 0 spiro atoms. The Kier molecular flexibility index (Phi) is 6.31. The van der Waals surface area contributed by atoms with Crippen molar-refractivity contribution < 1.29 is 4.57 Å². The van der Waals surface area contributed by atoms with Gasteiger partial charge < -0.3 is 0 Å². The van der Waals surface area contributed by atoms with Crippen molar-refractivity contribution in [3.8, 4) is 0 Å². The lowest BCUT2D eigenvalue weighted by atomic mass is 10.0. The summed E-state index contributed by atoms with van der Waals surface area (Å²) in [6.45, 7) is 16.4. The molecule has 2 atom stereocenters. The monoisotopic (exact) mass is 360 g/mol. The second-order valence-electron chi connectivity index (χ2n) is 8.38. The molecule has 0 aliphatic heterocycles. The first-order valence-electron chi connectivity index (χ1n) is 8.61. The van der Waals surface area contributed by atoms with Crippen LogP contribution in [0.15, 0.2) is 30.3 Å². The van der Waals surface area contributed by atoms with E-state index in [0.29, 0.717) is 5.66 Å². The lowest BCUT2D eigenvalue weighted by Gasteiger charge is -2.47. The van der Waals surface area contributed by atoms with E-state index < -0.39 is 7.80 Å². The van der Waals surface area contributed by atoms with Crippen molar-refractivity contribution in [3.63, 3.8) is 0 Å². The van der Waals surface area contributed by atoms with Crippen molar-refractivity contribution >= 4 is 21.0 Å². The van der Waals surface area contributed by atoms with Gasteiger partial charge in [-0.05, 0) is 40.9 Å². The molecule has 1 fully saturated rings. The molecule has 24 heavy (non-hydrogen) atoms. The molecule has 0 heterocycles. The molecule has 1 aliphatic rings. The number of rotatable bonds is 4. The van der Waals surface area contributed by atoms with Crippen LogP contribution in [0, 0.1) is 30.8 Å². The van der Waals surface area contributed by atoms with E-state index in [0.717, 1.165) is 11.0 Å². The Labute approximate surface area is 151 Å². The molecular formula is C21H30OP2+. The fourth-order valence-corrected chi connectivity index (χ4v) is 10.4. The van der Waals surface area contributed by atoms with Crippen LogP contribution in [-0.2, 0) is 4.57 Å². The predicted molar refractivity (Wildman–Crippen MR) is 109 cm³/mol. The molecule has 1 aromatic carbocycles. The molecule has 1 unspecified atom stereocenters. The maximum Gasteiger partial charge on any atom is 0.389 e. The van der Waals surface area contributed by atoms with E-state index in [1.165, 1.54) is 5.92 Å². The minimum atomic E-state index is -1.52. The van der Waals surface area contributed by atoms with Gasteiger partial charge in [0.05, 0.1) is 0 Å². The van der Waals surface area contributed by atoms with E-state index in [4.69, 9.17) is 0 Å². The summed E-state index contributed by atoms with van der Waals surface area (Å²) in [7, 11) is -1.82. The molecule has 0 bridgehead atoms. The van der Waals surface area contributed by atoms with Crippen LogP contribution >= 0.6 is 15.7 Å². The zero-order valence-corrected chi connectivity index (χ0v) is 17.8. The first-order valence-corrected chi connectivity index (χ1v) is 11.3. The highest BCUT2D eigenvalue weighted by Crippen LogP contribution is 2.67. The van der Waals surface area contributed by atoms with Crippen LogP contribution in [0.4, 0.5) is 0 Å². The molecule has 1 aromatic rings. The largest absolute Gasteiger partial charge is 0.389 e. The third kappa shape index (κ3) is 4.47. The van der Waals surface area contributed by atoms with Gasteiger partial charge in [0.2, 0.25) is 5.66 Å². The van der Waals surface area contributed by atoms with Gasteiger partial charge in [-0.15, -0.1) is 0 Å². The molecule has 1 aliphatic carbocycles. The van der Waals surface area contributed by atoms with Gasteiger partial charge in [-0.1, -0.05) is 79.2 Å². The Balaban J connectivity index is 2.27. The van der Waals surface area contributed by atoms with Gasteiger partial charge in [0.1, 0.15) is 0 Å². The van der Waals surface area contributed by atoms with Crippen molar-refractivity contribution in [1.82, 2.24) is 0 Å². The van der Waals surface area contributed by atoms with Gasteiger partial charge in [0.25, 0.3) is 0 Å². The van der Waals surface area contributed by atoms with Gasteiger partial charge in [-0.2, -0.15) is 0 Å². The van der Waals surface area contributed by atoms with E-state index in [9.17, 15) is 4.57 Å². The zero-order chi connectivity index (χ0) is 18.1. The highest BCUT2D eigenvalue weighted by atomic mass is 31.1. The maximum atomic E-state index is 13.1. The van der Waals surface area contributed by atoms with Crippen molar-refractivity contribution in [1.29, 1.82) is 0 Å². The predicted octanol–water partition coefficient (Wildman–Crippen LogP) is 6.34. The van der Waals surface area contributed by atoms with Crippen LogP contribution in [0.25, 0.3) is 0 Å². The molecule has 0 amide bonds. The van der Waals surface area contributed by atoms with Gasteiger partial charge in [0, 0.05) is 12.3 Å². The standard InChI is InChI=1S/C21H30OP2/c1-16(24(20(2,3)4)21(5,6)7)18-14-11-15-19(18)23(22)17-12-9-8-10-13-17/h8-16H,1-7H3/q+1/t16-/m0/s1. The van der Waals surface area contributed by atoms with Crippen LogP contribution in [0.3, 0.4) is 0 Å². The van der Waals surface area contributed by atoms with Crippen molar-refractivity contribution in [3.05, 3.63) is 61.2 Å². The first kappa shape index (κ1) is 20.1. The number of benzene rings is 1. The summed E-state index contributed by atoms with van der Waals surface area (Å²) in [5.41, 5.74) is 1.44. The Morgan fingerprint density at radius 3 is 1.96 bits per heavy atom. The van der Waals surface area contributed by atoms with Crippen LogP contribution in [0.2, 0.25) is 0 Å². The summed E-state index contributed by atoms with van der Waals surface area (Å²) in [5.74, 6) is 1.27. The second-order valence-corrected chi connectivity index (χ2v) is 14.2. The normalized spacial score (nSPS) is 19.8. The summed E-state index contributed by atoms with van der Waals surface area (Å²) in [6.07, 6.45) is 6.30. The number of hydrogen-bond acceptors (Lipinski definition) is 1. The second kappa shape index (κ2) is 7.55. The fraction of sp³-hybridized carbons (Fsp3) is 0.476. The molecule has 129 valence electrons. The minimum absolute atomic E-state index is 0.250. The molecule has 0 aromatic heterocycles. The fourth-order valence-electron chi connectivity index (χ4n) is 3.97. The highest BCUT2D eigenvalue weighted by molar-refractivity contribution is 7.62. The Hall–Kier alpha value is -0.250. The molecular weight excluding hydrogens is 330 g/mol. The van der Waals surface area contributed by atoms with E-state index in [1.54, 1.807) is 0 Å². The third-order valence-electron chi connectivity index (χ3n) is 4.32. The van der Waals surface area contributed by atoms with Crippen molar-refractivity contribution in [2.75, 3.05) is 0 Å². The van der Waals surface area contributed by atoms with Gasteiger partial charge in [0.15, 0.2) is 5.30 Å². The minimum Gasteiger partial charge on any atom is -0.0919 e. The van der Waals surface area contributed by atoms with E-state index >= 15 is 0 Å². The SMILES string of the molecule is C[C@@H]([C]1[CH][CH][CH][C]1[P+](=O)c1ccccc1)P(C(C)(C)C)C(C)(C)C. The Morgan fingerprint density at radius 2 is 1.46 bits per heavy atom. The topological polar surface area (TPSA) is 17.1 Å². The van der Waals surface area contributed by atoms with Crippen LogP contribution in [0.5, 0.6) is 0 Å². The molecule has 1 saturated carbocycles. The molecule has 0 N–H and O–H groups in total. The summed E-state index contributed by atoms with van der Waals surface area (Å²) in [4.78, 5) is 0. The molecule has 1 nitrogen and oxygen atoms in total. The summed E-state index contributed by atoms with van der Waals surface area (Å²) >= 11 is 0. The summed E-state index contributed by atoms with van der Waals surface area (Å²) in [6, 6.07) is 9.84. The van der Waals surface area contributed by atoms with Crippen molar-refractivity contribution in [2.24, 2.45) is 0 Å². The van der Waals surface area contributed by atoms with Crippen LogP contribution < -0.4 is 5.30 Å². The summed E-state index contributed by atoms with van der Waals surface area (Å²) in [5, 5.41) is 1.42. The number of hydrogen-bond donors (Lipinski definition) is 0. The molecule has 0 saturated heterocycles. The highest BCUT2D eigenvalue weighted by Gasteiger charge is 2.52. The zero-order valence-electron chi connectivity index (χ0n) is 16.0. The van der Waals surface area contributed by atoms with Crippen LogP contribution in [-0.4, -0.2) is 16.0 Å². The van der Waals surface area contributed by atoms with Crippen molar-refractivity contribution in [2.45, 2.75) is 64.4 Å². The maximum absolute atomic E-state index is 13.1. The summed E-state index contributed by atoms with van der Waals surface area (Å²) < 4.78 is 13.1. The Bertz CT molecular complexity index is 539. The first-order chi connectivity index (χ1) is 11.0. The average molecular weight is 360 g/mol. The quantitative estimate of drug-likeness (QED) is 0.573. The van der Waals surface area contributed by atoms with E-state index in [1.807, 2.05) is 30.3 Å². The van der Waals surface area contributed by atoms with Crippen LogP contribution in [0.1, 0.15) is 48.5 Å². The Morgan fingerprint density at radius 1 is 0.917 bits per heavy atom. The third-order valence-corrected chi connectivity index (χ3v) is 9.87. The van der Waals surface area contributed by atoms with Gasteiger partial charge >= 0.3 is 7.80 Å². The lowest BCUT2D eigenvalue weighted by molar-refractivity contribution is 0.593. The van der Waals surface area contributed by atoms with Gasteiger partial charge in [-0.3, -0.25) is 0 Å². The lowest BCUT2D eigenvalue weighted by Crippen LogP contribution is -2.33. The molecule has 3 heteroatoms. The molecule has 5 radical (unpaired) electrons. The van der Waals surface area contributed by atoms with Gasteiger partial charge in [-0.25, -0.2) is 0 Å². The smallest absolute Gasteiger partial charge is 0.0919 e. The molecule has 2 rings (SSSR count). The van der Waals surface area contributed by atoms with E-state index in [-0.39, 0.29) is 18.2 Å². The van der Waals surface area contributed by atoms with E-state index in [2.05, 4.69) is 67.7 Å². The average Bonchev–Trinajstić information content (AvgIpc) is 2.93.